The fourth-order valence-electron chi connectivity index (χ4n) is 2.56. The Kier molecular flexibility index (Phi) is 3.91. The van der Waals surface area contributed by atoms with E-state index >= 15 is 0 Å². The van der Waals surface area contributed by atoms with Crippen molar-refractivity contribution in [1.82, 2.24) is 4.90 Å². The summed E-state index contributed by atoms with van der Waals surface area (Å²) in [5.74, 6) is 0.181. The van der Waals surface area contributed by atoms with Gasteiger partial charge in [0, 0.05) is 22.8 Å². The smallest absolute Gasteiger partial charge is 0.327 e. The van der Waals surface area contributed by atoms with Gasteiger partial charge in [-0.3, -0.25) is 4.79 Å². The van der Waals surface area contributed by atoms with E-state index in [0.29, 0.717) is 17.2 Å². The summed E-state index contributed by atoms with van der Waals surface area (Å²) in [6.45, 7) is 2.43. The van der Waals surface area contributed by atoms with Gasteiger partial charge in [-0.1, -0.05) is 18.2 Å². The molecule has 3 rings (SSSR count). The van der Waals surface area contributed by atoms with Crippen LogP contribution in [0.5, 0.6) is 0 Å². The van der Waals surface area contributed by atoms with E-state index in [2.05, 4.69) is 0 Å². The fourth-order valence-corrected chi connectivity index (χ4v) is 4.76. The number of benzene rings is 1. The fraction of sp³-hybridized carbons (Fsp3) is 0.333. The molecule has 21 heavy (non-hydrogen) atoms. The van der Waals surface area contributed by atoms with Gasteiger partial charge in [0.2, 0.25) is 0 Å². The van der Waals surface area contributed by atoms with E-state index in [1.165, 1.54) is 16.2 Å². The Morgan fingerprint density at radius 3 is 2.81 bits per heavy atom. The number of nitrogens with zero attached hydrogens (tertiary/aromatic N) is 1. The second-order valence-corrected chi connectivity index (χ2v) is 7.18. The minimum Gasteiger partial charge on any atom is -0.480 e. The minimum absolute atomic E-state index is 0.151. The van der Waals surface area contributed by atoms with Crippen LogP contribution in [0.25, 0.3) is 10.1 Å². The number of amides is 1. The highest BCUT2D eigenvalue weighted by Crippen LogP contribution is 2.32. The Labute approximate surface area is 130 Å². The van der Waals surface area contributed by atoms with Crippen molar-refractivity contribution < 1.29 is 14.7 Å². The van der Waals surface area contributed by atoms with Crippen molar-refractivity contribution in [2.45, 2.75) is 13.0 Å². The van der Waals surface area contributed by atoms with Crippen LogP contribution in [0.3, 0.4) is 0 Å². The predicted molar refractivity (Wildman–Crippen MR) is 86.3 cm³/mol. The number of thiophene rings is 1. The third-order valence-electron chi connectivity index (χ3n) is 3.71. The summed E-state index contributed by atoms with van der Waals surface area (Å²) in [6.07, 6.45) is 0. The minimum atomic E-state index is -0.922. The van der Waals surface area contributed by atoms with Crippen molar-refractivity contribution in [3.63, 3.8) is 0 Å². The number of rotatable bonds is 2. The SMILES string of the molecule is Cc1c(C(=O)N2CCSCC2C(=O)O)sc2ccccc12. The number of hydrogen-bond acceptors (Lipinski definition) is 4. The van der Waals surface area contributed by atoms with Crippen LogP contribution < -0.4 is 0 Å². The number of aliphatic carboxylic acids is 1. The molecule has 0 spiro atoms. The number of carbonyl (C=O) groups is 2. The first-order valence-electron chi connectivity index (χ1n) is 6.69. The van der Waals surface area contributed by atoms with Crippen LogP contribution in [-0.2, 0) is 4.79 Å². The molecule has 6 heteroatoms. The van der Waals surface area contributed by atoms with Gasteiger partial charge in [0.15, 0.2) is 0 Å². The first-order valence-corrected chi connectivity index (χ1v) is 8.66. The number of thioether (sulfide) groups is 1. The van der Waals surface area contributed by atoms with Crippen molar-refractivity contribution >= 4 is 45.1 Å². The van der Waals surface area contributed by atoms with Crippen LogP contribution in [0.15, 0.2) is 24.3 Å². The molecule has 1 aliphatic rings. The molecular weight excluding hydrogens is 306 g/mol. The lowest BCUT2D eigenvalue weighted by Gasteiger charge is -2.32. The maximum atomic E-state index is 12.8. The Bertz CT molecular complexity index is 710. The molecule has 1 N–H and O–H groups in total. The summed E-state index contributed by atoms with van der Waals surface area (Å²) in [4.78, 5) is 26.3. The van der Waals surface area contributed by atoms with Crippen LogP contribution in [0.4, 0.5) is 0 Å². The van der Waals surface area contributed by atoms with E-state index < -0.39 is 12.0 Å². The van der Waals surface area contributed by atoms with Gasteiger partial charge in [0.1, 0.15) is 6.04 Å². The largest absolute Gasteiger partial charge is 0.480 e. The molecule has 2 aromatic rings. The molecule has 1 fully saturated rings. The average molecular weight is 321 g/mol. The summed E-state index contributed by atoms with van der Waals surface area (Å²) >= 11 is 3.03. The highest BCUT2D eigenvalue weighted by molar-refractivity contribution is 7.99. The summed E-state index contributed by atoms with van der Waals surface area (Å²) in [5, 5.41) is 10.4. The first kappa shape index (κ1) is 14.4. The summed E-state index contributed by atoms with van der Waals surface area (Å²) in [7, 11) is 0. The zero-order chi connectivity index (χ0) is 15.0. The summed E-state index contributed by atoms with van der Waals surface area (Å²) < 4.78 is 1.07. The van der Waals surface area contributed by atoms with Gasteiger partial charge in [0.05, 0.1) is 4.88 Å². The highest BCUT2D eigenvalue weighted by Gasteiger charge is 2.34. The molecule has 1 atom stereocenters. The zero-order valence-corrected chi connectivity index (χ0v) is 13.2. The van der Waals surface area contributed by atoms with E-state index in [0.717, 1.165) is 21.4 Å². The lowest BCUT2D eigenvalue weighted by molar-refractivity contribution is -0.141. The molecule has 0 radical (unpaired) electrons. The van der Waals surface area contributed by atoms with E-state index in [1.54, 1.807) is 11.8 Å². The van der Waals surface area contributed by atoms with Crippen molar-refractivity contribution in [3.8, 4) is 0 Å². The Hall–Kier alpha value is -1.53. The van der Waals surface area contributed by atoms with E-state index in [-0.39, 0.29) is 5.91 Å². The lowest BCUT2D eigenvalue weighted by atomic mass is 10.1. The average Bonchev–Trinajstić information content (AvgIpc) is 2.84. The zero-order valence-electron chi connectivity index (χ0n) is 11.5. The number of carboxylic acid groups (broad SMARTS) is 1. The van der Waals surface area contributed by atoms with Crippen molar-refractivity contribution in [2.24, 2.45) is 0 Å². The molecule has 1 aromatic carbocycles. The van der Waals surface area contributed by atoms with Crippen LogP contribution in [0, 0.1) is 6.92 Å². The normalized spacial score (nSPS) is 18.9. The Morgan fingerprint density at radius 1 is 1.33 bits per heavy atom. The second kappa shape index (κ2) is 5.69. The molecule has 2 heterocycles. The molecule has 0 bridgehead atoms. The van der Waals surface area contributed by atoms with Crippen molar-refractivity contribution in [3.05, 3.63) is 34.7 Å². The Balaban J connectivity index is 1.99. The van der Waals surface area contributed by atoms with Crippen molar-refractivity contribution in [2.75, 3.05) is 18.1 Å². The van der Waals surface area contributed by atoms with Gasteiger partial charge >= 0.3 is 5.97 Å². The Morgan fingerprint density at radius 2 is 2.10 bits per heavy atom. The number of hydrogen-bond donors (Lipinski definition) is 1. The summed E-state index contributed by atoms with van der Waals surface area (Å²) in [6, 6.07) is 7.17. The molecule has 1 amide bonds. The van der Waals surface area contributed by atoms with E-state index in [1.807, 2.05) is 31.2 Å². The molecule has 110 valence electrons. The molecule has 1 aliphatic heterocycles. The molecule has 1 saturated heterocycles. The van der Waals surface area contributed by atoms with E-state index in [9.17, 15) is 14.7 Å². The van der Waals surface area contributed by atoms with E-state index in [4.69, 9.17) is 0 Å². The lowest BCUT2D eigenvalue weighted by Crippen LogP contribution is -2.50. The maximum absolute atomic E-state index is 12.8. The van der Waals surface area contributed by atoms with Crippen LogP contribution >= 0.6 is 23.1 Å². The van der Waals surface area contributed by atoms with Gasteiger partial charge in [0.25, 0.3) is 5.91 Å². The standard InChI is InChI=1S/C15H15NO3S2/c1-9-10-4-2-3-5-12(10)21-13(9)14(17)16-6-7-20-8-11(16)15(18)19/h2-5,11H,6-8H2,1H3,(H,18,19). The second-order valence-electron chi connectivity index (χ2n) is 4.98. The third-order valence-corrected chi connectivity index (χ3v) is 6.00. The maximum Gasteiger partial charge on any atom is 0.327 e. The first-order chi connectivity index (χ1) is 10.1. The van der Waals surface area contributed by atoms with Gasteiger partial charge in [-0.15, -0.1) is 11.3 Å². The molecule has 0 aliphatic carbocycles. The van der Waals surface area contributed by atoms with Gasteiger partial charge < -0.3 is 10.0 Å². The van der Waals surface area contributed by atoms with Gasteiger partial charge in [-0.05, 0) is 23.9 Å². The van der Waals surface area contributed by atoms with Crippen LogP contribution in [0.1, 0.15) is 15.2 Å². The quantitative estimate of drug-likeness (QED) is 0.924. The molecule has 1 aromatic heterocycles. The molecule has 4 nitrogen and oxygen atoms in total. The highest BCUT2D eigenvalue weighted by atomic mass is 32.2. The number of carboxylic acids is 1. The van der Waals surface area contributed by atoms with Crippen LogP contribution in [0.2, 0.25) is 0 Å². The number of fused-ring (bicyclic) bond motifs is 1. The van der Waals surface area contributed by atoms with Crippen molar-refractivity contribution in [1.29, 1.82) is 0 Å². The van der Waals surface area contributed by atoms with Gasteiger partial charge in [-0.2, -0.15) is 11.8 Å². The third kappa shape index (κ3) is 2.53. The number of aryl methyl sites for hydroxylation is 1. The topological polar surface area (TPSA) is 57.6 Å². The monoisotopic (exact) mass is 321 g/mol. The molecule has 1 unspecified atom stereocenters. The number of carbonyl (C=O) groups excluding carboxylic acids is 1. The molecule has 0 saturated carbocycles. The van der Waals surface area contributed by atoms with Crippen LogP contribution in [-0.4, -0.2) is 46.0 Å². The summed E-state index contributed by atoms with van der Waals surface area (Å²) in [5.41, 5.74) is 0.947. The molecular formula is C15H15NO3S2. The predicted octanol–water partition coefficient (Wildman–Crippen LogP) is 2.85. The van der Waals surface area contributed by atoms with Gasteiger partial charge in [-0.25, -0.2) is 4.79 Å².